The number of benzene rings is 1. The zero-order valence-electron chi connectivity index (χ0n) is 13.7. The predicted molar refractivity (Wildman–Crippen MR) is 98.0 cm³/mol. The van der Waals surface area contributed by atoms with Crippen LogP contribution in [0.5, 0.6) is 0 Å². The van der Waals surface area contributed by atoms with Crippen LogP contribution < -0.4 is 10.6 Å². The smallest absolute Gasteiger partial charge is 0.353 e. The molecule has 0 saturated heterocycles. The first-order valence-corrected chi connectivity index (χ1v) is 8.75. The van der Waals surface area contributed by atoms with Crippen molar-refractivity contribution in [3.63, 3.8) is 0 Å². The number of nitrogens with zero attached hydrogens (tertiary/aromatic N) is 3. The summed E-state index contributed by atoms with van der Waals surface area (Å²) in [7, 11) is 0. The minimum Gasteiger partial charge on any atom is -0.361 e. The summed E-state index contributed by atoms with van der Waals surface area (Å²) >= 11 is 5.87. The topological polar surface area (TPSA) is 93.0 Å². The van der Waals surface area contributed by atoms with Gasteiger partial charge in [0.05, 0.1) is 4.92 Å². The first kappa shape index (κ1) is 17.4. The molecule has 1 aromatic heterocycles. The van der Waals surface area contributed by atoms with Crippen LogP contribution in [-0.4, -0.2) is 20.9 Å². The van der Waals surface area contributed by atoms with E-state index in [1.807, 2.05) is 12.1 Å². The molecular formula is C17H20ClN5O2. The van der Waals surface area contributed by atoms with Gasteiger partial charge in [0.15, 0.2) is 0 Å². The van der Waals surface area contributed by atoms with Crippen molar-refractivity contribution in [2.75, 3.05) is 10.6 Å². The maximum atomic E-state index is 11.6. The van der Waals surface area contributed by atoms with Gasteiger partial charge in [0, 0.05) is 17.6 Å². The van der Waals surface area contributed by atoms with E-state index >= 15 is 0 Å². The molecule has 0 atom stereocenters. The Hall–Kier alpha value is -2.41. The van der Waals surface area contributed by atoms with E-state index in [1.165, 1.54) is 12.7 Å². The van der Waals surface area contributed by atoms with Crippen LogP contribution in [0.15, 0.2) is 30.6 Å². The standard InChI is InChI=1S/C17H20ClN5O2/c18-13-8-6-12(7-9-13)10-19-16-15(23(24)25)17(21-11-20-16)22-14-4-2-1-3-5-14/h6-9,11,14H,1-5,10H2,(H2,19,20,21,22). The highest BCUT2D eigenvalue weighted by atomic mass is 35.5. The van der Waals surface area contributed by atoms with E-state index in [9.17, 15) is 10.1 Å². The van der Waals surface area contributed by atoms with Crippen LogP contribution in [0.3, 0.4) is 0 Å². The van der Waals surface area contributed by atoms with Crippen LogP contribution in [0, 0.1) is 10.1 Å². The normalized spacial score (nSPS) is 14.9. The van der Waals surface area contributed by atoms with Crippen molar-refractivity contribution >= 4 is 28.9 Å². The molecule has 0 unspecified atom stereocenters. The highest BCUT2D eigenvalue weighted by molar-refractivity contribution is 6.30. The summed E-state index contributed by atoms with van der Waals surface area (Å²) in [5.74, 6) is 0.499. The minimum atomic E-state index is -0.435. The van der Waals surface area contributed by atoms with Crippen molar-refractivity contribution in [1.29, 1.82) is 0 Å². The van der Waals surface area contributed by atoms with Crippen LogP contribution in [0.25, 0.3) is 0 Å². The second-order valence-corrected chi connectivity index (χ2v) is 6.57. The van der Waals surface area contributed by atoms with Crippen LogP contribution >= 0.6 is 11.6 Å². The number of aromatic nitrogens is 2. The van der Waals surface area contributed by atoms with E-state index in [0.717, 1.165) is 31.2 Å². The highest BCUT2D eigenvalue weighted by Gasteiger charge is 2.25. The van der Waals surface area contributed by atoms with Crippen molar-refractivity contribution in [2.45, 2.75) is 44.7 Å². The molecule has 1 aromatic carbocycles. The number of nitro groups is 1. The van der Waals surface area contributed by atoms with Crippen molar-refractivity contribution in [3.8, 4) is 0 Å². The molecular weight excluding hydrogens is 342 g/mol. The third kappa shape index (κ3) is 4.57. The monoisotopic (exact) mass is 361 g/mol. The van der Waals surface area contributed by atoms with E-state index in [1.54, 1.807) is 12.1 Å². The Kier molecular flexibility index (Phi) is 5.65. The van der Waals surface area contributed by atoms with Crippen LogP contribution in [0.4, 0.5) is 17.3 Å². The fraction of sp³-hybridized carbons (Fsp3) is 0.412. The number of hydrogen-bond acceptors (Lipinski definition) is 6. The van der Waals surface area contributed by atoms with E-state index in [2.05, 4.69) is 20.6 Å². The molecule has 0 spiro atoms. The molecule has 3 rings (SSSR count). The Morgan fingerprint density at radius 3 is 2.48 bits per heavy atom. The lowest BCUT2D eigenvalue weighted by molar-refractivity contribution is -0.383. The molecule has 1 heterocycles. The Morgan fingerprint density at radius 2 is 1.80 bits per heavy atom. The highest BCUT2D eigenvalue weighted by Crippen LogP contribution is 2.31. The number of rotatable bonds is 6. The molecule has 132 valence electrons. The van der Waals surface area contributed by atoms with Gasteiger partial charge >= 0.3 is 5.69 Å². The molecule has 7 nitrogen and oxygen atoms in total. The minimum absolute atomic E-state index is 0.109. The summed E-state index contributed by atoms with van der Waals surface area (Å²) in [6, 6.07) is 7.52. The van der Waals surface area contributed by atoms with Crippen LogP contribution in [-0.2, 0) is 6.54 Å². The van der Waals surface area contributed by atoms with Gasteiger partial charge in [-0.3, -0.25) is 10.1 Å². The van der Waals surface area contributed by atoms with Crippen molar-refractivity contribution < 1.29 is 4.92 Å². The first-order chi connectivity index (χ1) is 12.1. The summed E-state index contributed by atoms with van der Waals surface area (Å²) in [6.45, 7) is 0.415. The van der Waals surface area contributed by atoms with Gasteiger partial charge in [0.2, 0.25) is 11.6 Å². The quantitative estimate of drug-likeness (QED) is 0.585. The van der Waals surface area contributed by atoms with Crippen molar-refractivity contribution in [1.82, 2.24) is 9.97 Å². The summed E-state index contributed by atoms with van der Waals surface area (Å²) in [6.07, 6.45) is 6.86. The van der Waals surface area contributed by atoms with Crippen molar-refractivity contribution in [2.24, 2.45) is 0 Å². The molecule has 2 aromatic rings. The van der Waals surface area contributed by atoms with Gasteiger partial charge in [-0.2, -0.15) is 0 Å². The Balaban J connectivity index is 1.77. The van der Waals surface area contributed by atoms with Gasteiger partial charge in [-0.25, -0.2) is 9.97 Å². The van der Waals surface area contributed by atoms with Crippen LogP contribution in [0.2, 0.25) is 5.02 Å². The molecule has 1 aliphatic carbocycles. The Bertz CT molecular complexity index is 732. The van der Waals surface area contributed by atoms with Gasteiger partial charge < -0.3 is 10.6 Å². The van der Waals surface area contributed by atoms with Gasteiger partial charge in [0.1, 0.15) is 6.33 Å². The summed E-state index contributed by atoms with van der Waals surface area (Å²) in [4.78, 5) is 19.3. The van der Waals surface area contributed by atoms with E-state index in [-0.39, 0.29) is 23.4 Å². The largest absolute Gasteiger partial charge is 0.361 e. The lowest BCUT2D eigenvalue weighted by Gasteiger charge is -2.23. The molecule has 1 fully saturated rings. The number of halogens is 1. The molecule has 0 amide bonds. The SMILES string of the molecule is O=[N+]([O-])c1c(NCc2ccc(Cl)cc2)ncnc1NC1CCCCC1. The lowest BCUT2D eigenvalue weighted by atomic mass is 9.95. The first-order valence-electron chi connectivity index (χ1n) is 8.37. The number of hydrogen-bond donors (Lipinski definition) is 2. The lowest BCUT2D eigenvalue weighted by Crippen LogP contribution is -2.23. The third-order valence-corrected chi connectivity index (χ3v) is 4.58. The van der Waals surface area contributed by atoms with Gasteiger partial charge in [-0.1, -0.05) is 43.0 Å². The Labute approximate surface area is 151 Å². The molecule has 0 radical (unpaired) electrons. The third-order valence-electron chi connectivity index (χ3n) is 4.32. The number of nitrogens with one attached hydrogen (secondary N) is 2. The molecule has 1 saturated carbocycles. The zero-order chi connectivity index (χ0) is 17.6. The summed E-state index contributed by atoms with van der Waals surface area (Å²) in [5, 5.41) is 18.5. The number of anilines is 2. The Morgan fingerprint density at radius 1 is 1.12 bits per heavy atom. The fourth-order valence-electron chi connectivity index (χ4n) is 3.02. The van der Waals surface area contributed by atoms with Gasteiger partial charge in [-0.15, -0.1) is 0 Å². The average molecular weight is 362 g/mol. The summed E-state index contributed by atoms with van der Waals surface area (Å²) in [5.41, 5.74) is 0.848. The summed E-state index contributed by atoms with van der Waals surface area (Å²) < 4.78 is 0. The van der Waals surface area contributed by atoms with E-state index < -0.39 is 4.92 Å². The fourth-order valence-corrected chi connectivity index (χ4v) is 3.14. The molecule has 25 heavy (non-hydrogen) atoms. The maximum absolute atomic E-state index is 11.6. The average Bonchev–Trinajstić information content (AvgIpc) is 2.62. The molecule has 0 bridgehead atoms. The maximum Gasteiger partial charge on any atom is 0.353 e. The van der Waals surface area contributed by atoms with Gasteiger partial charge in [0.25, 0.3) is 0 Å². The second kappa shape index (κ2) is 8.11. The van der Waals surface area contributed by atoms with Crippen molar-refractivity contribution in [3.05, 3.63) is 51.3 Å². The molecule has 8 heteroatoms. The van der Waals surface area contributed by atoms with Crippen LogP contribution in [0.1, 0.15) is 37.7 Å². The predicted octanol–water partition coefficient (Wildman–Crippen LogP) is 4.39. The molecule has 0 aliphatic heterocycles. The molecule has 2 N–H and O–H groups in total. The molecule has 1 aliphatic rings. The second-order valence-electron chi connectivity index (χ2n) is 6.14. The van der Waals surface area contributed by atoms with E-state index in [0.29, 0.717) is 11.6 Å². The van der Waals surface area contributed by atoms with Gasteiger partial charge in [-0.05, 0) is 30.5 Å². The zero-order valence-corrected chi connectivity index (χ0v) is 14.5. The van der Waals surface area contributed by atoms with E-state index in [4.69, 9.17) is 11.6 Å².